The molecule has 0 saturated carbocycles. The van der Waals surface area contributed by atoms with Crippen LogP contribution in [0.5, 0.6) is 0 Å². The Labute approximate surface area is 83.7 Å². The van der Waals surface area contributed by atoms with Crippen LogP contribution in [0.25, 0.3) is 0 Å². The maximum absolute atomic E-state index is 2.21. The molecule has 0 unspecified atom stereocenters. The van der Waals surface area contributed by atoms with Gasteiger partial charge in [0.15, 0.2) is 0 Å². The van der Waals surface area contributed by atoms with Crippen molar-refractivity contribution in [3.05, 3.63) is 0 Å². The van der Waals surface area contributed by atoms with E-state index in [-0.39, 0.29) is 0 Å². The molecule has 0 aliphatic heterocycles. The summed E-state index contributed by atoms with van der Waals surface area (Å²) in [6.07, 6.45) is 0. The van der Waals surface area contributed by atoms with Gasteiger partial charge in [-0.05, 0) is 0 Å². The third-order valence-electron chi connectivity index (χ3n) is 0. The van der Waals surface area contributed by atoms with E-state index in [1.165, 1.54) is 0 Å². The summed E-state index contributed by atoms with van der Waals surface area (Å²) in [6, 6.07) is 0. The van der Waals surface area contributed by atoms with Crippen molar-refractivity contribution >= 4 is 46.0 Å². The molecule has 0 atom stereocenters. The SMILES string of the molecule is [I][Eu].[Li][I]. The van der Waals surface area contributed by atoms with E-state index in [1.807, 2.05) is 14.3 Å². The zero-order valence-electron chi connectivity index (χ0n) is 2.13. The monoisotopic (exact) mass is 414 g/mol. The predicted molar refractivity (Wildman–Crippen MR) is 33.8 cm³/mol. The average molecular weight is 413 g/mol. The van der Waals surface area contributed by atoms with Crippen LogP contribution in [0.4, 0.5) is 0 Å². The third kappa shape index (κ3) is 9.17. The molecule has 0 bridgehead atoms. The van der Waals surface area contributed by atoms with Crippen LogP contribution in [-0.4, -0.2) is 14.3 Å². The van der Waals surface area contributed by atoms with Gasteiger partial charge in [0.05, 0.1) is 0 Å². The van der Waals surface area contributed by atoms with Crippen LogP contribution in [0.3, 0.4) is 0 Å². The van der Waals surface area contributed by atoms with Gasteiger partial charge < -0.3 is 0 Å². The van der Waals surface area contributed by atoms with Gasteiger partial charge >= 0.3 is 86.9 Å². The molecule has 4 heavy (non-hydrogen) atoms. The standard InChI is InChI=1S/Eu.2HI.Li/h;2*1H;/q+1;;;+1/p-2. The molecule has 0 heterocycles. The summed E-state index contributed by atoms with van der Waals surface area (Å²) in [6.45, 7) is 0. The van der Waals surface area contributed by atoms with E-state index in [0.717, 1.165) is 0 Å². The topological polar surface area (TPSA) is 0 Å². The van der Waals surface area contributed by atoms with Gasteiger partial charge in [-0.25, -0.2) is 0 Å². The van der Waals surface area contributed by atoms with E-state index < -0.39 is 0 Å². The predicted octanol–water partition coefficient (Wildman–Crippen LogP) is 1.39. The first-order valence-corrected chi connectivity index (χ1v) is 9.64. The molecule has 0 aromatic carbocycles. The molecule has 0 fully saturated rings. The second kappa shape index (κ2) is 15.9. The van der Waals surface area contributed by atoms with E-state index >= 15 is 0 Å². The van der Waals surface area contributed by atoms with Crippen LogP contribution in [0.1, 0.15) is 0 Å². The number of halogens is 2. The summed E-state index contributed by atoms with van der Waals surface area (Å²) in [5.41, 5.74) is 0. The molecular formula is EuI2Li. The van der Waals surface area contributed by atoms with Crippen molar-refractivity contribution in [2.45, 2.75) is 0 Å². The number of hydrogen-bond donors (Lipinski definition) is 0. The fourth-order valence-electron chi connectivity index (χ4n) is 0. The van der Waals surface area contributed by atoms with Crippen LogP contribution < -0.4 is 0 Å². The summed E-state index contributed by atoms with van der Waals surface area (Å²) < 4.78 is 0. The molecule has 0 radical (unpaired) electrons. The fraction of sp³-hybridized carbons (Fsp3) is 0. The number of hydrogen-bond acceptors (Lipinski definition) is 0. The molecule has 0 spiro atoms. The van der Waals surface area contributed by atoms with Gasteiger partial charge in [0.1, 0.15) is 0 Å². The van der Waals surface area contributed by atoms with E-state index in [2.05, 4.69) is 31.7 Å². The minimum absolute atomic E-state index is 1.69. The van der Waals surface area contributed by atoms with Gasteiger partial charge in [-0.3, -0.25) is 0 Å². The van der Waals surface area contributed by atoms with Crippen molar-refractivity contribution in [1.29, 1.82) is 0 Å². The van der Waals surface area contributed by atoms with Gasteiger partial charge in [0.25, 0.3) is 0 Å². The Bertz CT molecular complexity index is 6.00. The summed E-state index contributed by atoms with van der Waals surface area (Å²) in [5.74, 6) is 0. The van der Waals surface area contributed by atoms with E-state index in [0.29, 0.717) is 0 Å². The summed E-state index contributed by atoms with van der Waals surface area (Å²) in [4.78, 5) is 0. The summed E-state index contributed by atoms with van der Waals surface area (Å²) >= 11 is 8.02. The molecule has 0 N–H and O–H groups in total. The summed E-state index contributed by atoms with van der Waals surface area (Å²) in [7, 11) is 0. The Morgan fingerprint density at radius 1 is 1.25 bits per heavy atom. The van der Waals surface area contributed by atoms with Crippen LogP contribution >= 0.6 is 31.7 Å². The van der Waals surface area contributed by atoms with Gasteiger partial charge in [0.2, 0.25) is 0 Å². The molecule has 0 aliphatic rings. The Morgan fingerprint density at radius 3 is 1.25 bits per heavy atom. The Balaban J connectivity index is 0. The zero-order valence-corrected chi connectivity index (χ0v) is 8.87. The molecule has 0 nitrogen and oxygen atoms in total. The number of rotatable bonds is 0. The van der Waals surface area contributed by atoms with Gasteiger partial charge in [-0.15, -0.1) is 0 Å². The van der Waals surface area contributed by atoms with Crippen molar-refractivity contribution in [2.24, 2.45) is 0 Å². The Kier molecular flexibility index (Phi) is 42.2. The Hall–Kier alpha value is 3.64. The van der Waals surface area contributed by atoms with Crippen molar-refractivity contribution < 1.29 is 40.9 Å². The van der Waals surface area contributed by atoms with Crippen LogP contribution in [0.15, 0.2) is 0 Å². The first-order valence-electron chi connectivity index (χ1n) is 0.521. The first-order chi connectivity index (χ1) is 2.00. The molecule has 0 rings (SSSR count). The average Bonchev–Trinajstić information content (AvgIpc) is 1.50. The van der Waals surface area contributed by atoms with Gasteiger partial charge in [-0.1, -0.05) is 0 Å². The molecule has 0 aromatic rings. The van der Waals surface area contributed by atoms with Crippen molar-refractivity contribution in [1.82, 2.24) is 0 Å². The maximum atomic E-state index is 2.21. The van der Waals surface area contributed by atoms with Crippen molar-refractivity contribution in [3.8, 4) is 0 Å². The second-order valence-corrected chi connectivity index (χ2v) is 0. The van der Waals surface area contributed by atoms with Crippen molar-refractivity contribution in [2.75, 3.05) is 0 Å². The third-order valence-corrected chi connectivity index (χ3v) is 0. The molecule has 22 valence electrons. The molecule has 0 aliphatic carbocycles. The molecule has 0 saturated heterocycles. The normalized spacial score (nSPS) is 3.25. The van der Waals surface area contributed by atoms with E-state index in [1.54, 1.807) is 40.9 Å². The molecule has 4 heteroatoms. The molecule has 0 amide bonds. The van der Waals surface area contributed by atoms with Crippen LogP contribution in [0, 0.1) is 40.9 Å². The van der Waals surface area contributed by atoms with E-state index in [4.69, 9.17) is 0 Å². The quantitative estimate of drug-likeness (QED) is 0.417. The second-order valence-electron chi connectivity index (χ2n) is 0. The van der Waals surface area contributed by atoms with Crippen LogP contribution in [0.2, 0.25) is 0 Å². The minimum atomic E-state index is 1.69. The molecule has 0 aromatic heterocycles. The fourth-order valence-corrected chi connectivity index (χ4v) is 0. The molecular weight excluding hydrogens is 413 g/mol. The zero-order chi connectivity index (χ0) is 4.00. The first kappa shape index (κ1) is 10.6. The van der Waals surface area contributed by atoms with Gasteiger partial charge in [-0.2, -0.15) is 0 Å². The summed E-state index contributed by atoms with van der Waals surface area (Å²) in [5, 5.41) is 0. The van der Waals surface area contributed by atoms with Gasteiger partial charge in [0, 0.05) is 0 Å². The van der Waals surface area contributed by atoms with Crippen LogP contribution in [-0.2, 0) is 0 Å². The Morgan fingerprint density at radius 2 is 1.25 bits per heavy atom. The van der Waals surface area contributed by atoms with E-state index in [9.17, 15) is 0 Å². The van der Waals surface area contributed by atoms with Crippen molar-refractivity contribution in [3.63, 3.8) is 0 Å².